The van der Waals surface area contributed by atoms with Crippen molar-refractivity contribution in [3.63, 3.8) is 0 Å². The van der Waals surface area contributed by atoms with Gasteiger partial charge in [-0.15, -0.1) is 11.3 Å². The lowest BCUT2D eigenvalue weighted by Gasteiger charge is -2.28. The molecule has 5 nitrogen and oxygen atoms in total. The zero-order valence-corrected chi connectivity index (χ0v) is 16.2. The van der Waals surface area contributed by atoms with E-state index in [-0.39, 0.29) is 0 Å². The molecule has 3 heterocycles. The van der Waals surface area contributed by atoms with Gasteiger partial charge < -0.3 is 9.88 Å². The number of likely N-dealkylation sites (N-methyl/N-ethyl adjacent to an activating group) is 1. The first-order valence-corrected chi connectivity index (χ1v) is 10.5. The number of fused-ring (bicyclic) bond motifs is 1. The number of anilines is 1. The average molecular weight is 395 g/mol. The van der Waals surface area contributed by atoms with Crippen LogP contribution in [0.15, 0.2) is 34.8 Å². The van der Waals surface area contributed by atoms with Crippen LogP contribution >= 0.6 is 22.9 Å². The smallest absolute Gasteiger partial charge is 0.162 e. The first kappa shape index (κ1) is 17.0. The maximum Gasteiger partial charge on any atom is 0.162 e. The van der Waals surface area contributed by atoms with Crippen molar-refractivity contribution in [1.29, 1.82) is 0 Å². The molecule has 2 N–H and O–H groups in total. The van der Waals surface area contributed by atoms with Gasteiger partial charge in [-0.25, -0.2) is 9.19 Å². The Morgan fingerprint density at radius 1 is 1.44 bits per heavy atom. The molecule has 25 heavy (non-hydrogen) atoms. The molecule has 0 radical (unpaired) electrons. The van der Waals surface area contributed by atoms with Gasteiger partial charge in [0.2, 0.25) is 0 Å². The number of H-pyrrole nitrogens is 1. The Morgan fingerprint density at radius 2 is 2.32 bits per heavy atom. The van der Waals surface area contributed by atoms with Crippen LogP contribution in [0, 0.1) is 0 Å². The fourth-order valence-corrected chi connectivity index (χ4v) is 5.57. The Morgan fingerprint density at radius 3 is 3.16 bits per heavy atom. The number of nitrogens with zero attached hydrogens (tertiary/aromatic N) is 2. The molecule has 1 aliphatic heterocycles. The van der Waals surface area contributed by atoms with E-state index in [1.54, 1.807) is 17.5 Å². The minimum atomic E-state index is -1.34. The lowest BCUT2D eigenvalue weighted by atomic mass is 9.99. The number of halogens is 1. The molecule has 1 fully saturated rings. The zero-order valence-electron chi connectivity index (χ0n) is 13.8. The number of likely N-dealkylation sites (tertiary alicyclic amines) is 1. The summed E-state index contributed by atoms with van der Waals surface area (Å²) in [6, 6.07) is 5.57. The molecule has 2 atom stereocenters. The number of thiazole rings is 1. The largest absolute Gasteiger partial charge is 0.359 e. The molecule has 0 saturated carbocycles. The second-order valence-electron chi connectivity index (χ2n) is 6.35. The standard InChI is InChI=1S/C17H19ClN4OS2/c1-22-8-2-3-11(10-22)17-20-9-15(24-17)25(23)21-14-5-4-13(18)12-6-7-19-16(12)14/h4-7,9,11,19,21H,2-3,8,10H2,1H3. The third kappa shape index (κ3) is 3.46. The number of aromatic amines is 1. The number of hydrogen-bond donors (Lipinski definition) is 2. The van der Waals surface area contributed by atoms with Gasteiger partial charge in [0.15, 0.2) is 11.0 Å². The molecule has 2 unspecified atom stereocenters. The minimum absolute atomic E-state index is 0.445. The fraction of sp³-hybridized carbons (Fsp3) is 0.353. The number of rotatable bonds is 4. The van der Waals surface area contributed by atoms with Gasteiger partial charge >= 0.3 is 0 Å². The Kier molecular flexibility index (Phi) is 4.82. The van der Waals surface area contributed by atoms with Gasteiger partial charge in [-0.3, -0.25) is 4.72 Å². The number of hydrogen-bond acceptors (Lipinski definition) is 4. The summed E-state index contributed by atoms with van der Waals surface area (Å²) in [5, 5.41) is 2.67. The van der Waals surface area contributed by atoms with Crippen LogP contribution in [0.2, 0.25) is 5.02 Å². The second-order valence-corrected chi connectivity index (χ2v) is 9.26. The summed E-state index contributed by atoms with van der Waals surface area (Å²) in [7, 11) is 0.797. The molecule has 3 aromatic rings. The van der Waals surface area contributed by atoms with Crippen molar-refractivity contribution >= 4 is 50.5 Å². The highest BCUT2D eigenvalue weighted by atomic mass is 35.5. The lowest BCUT2D eigenvalue weighted by molar-refractivity contribution is 0.250. The summed E-state index contributed by atoms with van der Waals surface area (Å²) in [5.74, 6) is 0.445. The number of aromatic nitrogens is 2. The highest BCUT2D eigenvalue weighted by molar-refractivity contribution is 7.88. The molecule has 2 aromatic heterocycles. The molecular weight excluding hydrogens is 376 g/mol. The van der Waals surface area contributed by atoms with Crippen LogP contribution in [0.1, 0.15) is 23.8 Å². The normalized spacial score (nSPS) is 20.0. The van der Waals surface area contributed by atoms with E-state index in [9.17, 15) is 4.21 Å². The summed E-state index contributed by atoms with van der Waals surface area (Å²) in [4.78, 5) is 10.0. The Labute approximate surface area is 158 Å². The van der Waals surface area contributed by atoms with Crippen LogP contribution in [0.5, 0.6) is 0 Å². The first-order valence-electron chi connectivity index (χ1n) is 8.20. The van der Waals surface area contributed by atoms with Crippen LogP contribution in [-0.2, 0) is 11.0 Å². The van der Waals surface area contributed by atoms with E-state index in [4.69, 9.17) is 11.6 Å². The number of piperidine rings is 1. The van der Waals surface area contributed by atoms with Gasteiger partial charge in [0, 0.05) is 24.0 Å². The zero-order chi connectivity index (χ0) is 17.4. The van der Waals surface area contributed by atoms with E-state index in [0.717, 1.165) is 45.3 Å². The van der Waals surface area contributed by atoms with Gasteiger partial charge in [0.1, 0.15) is 4.21 Å². The third-order valence-corrected chi connectivity index (χ3v) is 7.40. The van der Waals surface area contributed by atoms with Crippen LogP contribution in [0.4, 0.5) is 5.69 Å². The van der Waals surface area contributed by atoms with Gasteiger partial charge in [-0.2, -0.15) is 0 Å². The lowest BCUT2D eigenvalue weighted by Crippen LogP contribution is -2.30. The quantitative estimate of drug-likeness (QED) is 0.696. The molecule has 132 valence electrons. The SMILES string of the molecule is CN1CCCC(c2ncc(S(=O)Nc3ccc(Cl)c4cc[nH]c34)s2)C1. The Bertz CT molecular complexity index is 922. The Balaban J connectivity index is 1.53. The van der Waals surface area contributed by atoms with Crippen molar-refractivity contribution in [2.24, 2.45) is 0 Å². The molecule has 0 amide bonds. The van der Waals surface area contributed by atoms with E-state index in [0.29, 0.717) is 10.9 Å². The van der Waals surface area contributed by atoms with Crippen molar-refractivity contribution in [3.8, 4) is 0 Å². The molecule has 0 bridgehead atoms. The van der Waals surface area contributed by atoms with Crippen molar-refractivity contribution in [2.75, 3.05) is 24.9 Å². The van der Waals surface area contributed by atoms with E-state index < -0.39 is 11.0 Å². The predicted octanol–water partition coefficient (Wildman–Crippen LogP) is 4.22. The monoisotopic (exact) mass is 394 g/mol. The maximum atomic E-state index is 12.7. The Hall–Kier alpha value is -1.41. The van der Waals surface area contributed by atoms with Gasteiger partial charge in [0.25, 0.3) is 0 Å². The van der Waals surface area contributed by atoms with Crippen molar-refractivity contribution in [3.05, 3.63) is 40.6 Å². The summed E-state index contributed by atoms with van der Waals surface area (Å²) in [6.07, 6.45) is 5.90. The first-order chi connectivity index (χ1) is 12.1. The highest BCUT2D eigenvalue weighted by Crippen LogP contribution is 2.33. The summed E-state index contributed by atoms with van der Waals surface area (Å²) in [5.41, 5.74) is 1.63. The van der Waals surface area contributed by atoms with Crippen LogP contribution < -0.4 is 4.72 Å². The van der Waals surface area contributed by atoms with Crippen molar-refractivity contribution < 1.29 is 4.21 Å². The predicted molar refractivity (Wildman–Crippen MR) is 105 cm³/mol. The minimum Gasteiger partial charge on any atom is -0.359 e. The van der Waals surface area contributed by atoms with E-state index in [1.165, 1.54) is 6.42 Å². The van der Waals surface area contributed by atoms with Gasteiger partial charge in [0.05, 0.1) is 27.4 Å². The van der Waals surface area contributed by atoms with Crippen LogP contribution in [0.3, 0.4) is 0 Å². The second kappa shape index (κ2) is 7.07. The van der Waals surface area contributed by atoms with E-state index in [2.05, 4.69) is 26.6 Å². The molecule has 1 aromatic carbocycles. The van der Waals surface area contributed by atoms with Crippen LogP contribution in [-0.4, -0.2) is 39.2 Å². The van der Waals surface area contributed by atoms with Gasteiger partial charge in [-0.05, 0) is 44.6 Å². The third-order valence-electron chi connectivity index (χ3n) is 4.53. The molecule has 1 aliphatic rings. The molecule has 4 rings (SSSR count). The maximum absolute atomic E-state index is 12.7. The molecule has 1 saturated heterocycles. The highest BCUT2D eigenvalue weighted by Gasteiger charge is 2.23. The number of benzene rings is 1. The fourth-order valence-electron chi connectivity index (χ4n) is 3.27. The van der Waals surface area contributed by atoms with E-state index >= 15 is 0 Å². The van der Waals surface area contributed by atoms with E-state index in [1.807, 2.05) is 24.4 Å². The molecule has 0 aliphatic carbocycles. The van der Waals surface area contributed by atoms with Crippen molar-refractivity contribution in [1.82, 2.24) is 14.9 Å². The topological polar surface area (TPSA) is 61.0 Å². The number of nitrogens with one attached hydrogen (secondary N) is 2. The summed E-state index contributed by atoms with van der Waals surface area (Å²) < 4.78 is 16.6. The summed E-state index contributed by atoms with van der Waals surface area (Å²) >= 11 is 7.73. The van der Waals surface area contributed by atoms with Gasteiger partial charge in [-0.1, -0.05) is 11.6 Å². The molecular formula is C17H19ClN4OS2. The van der Waals surface area contributed by atoms with Crippen molar-refractivity contribution in [2.45, 2.75) is 23.0 Å². The summed E-state index contributed by atoms with van der Waals surface area (Å²) in [6.45, 7) is 2.16. The molecule has 0 spiro atoms. The average Bonchev–Trinajstić information content (AvgIpc) is 3.27. The van der Waals surface area contributed by atoms with Crippen LogP contribution in [0.25, 0.3) is 10.9 Å². The molecule has 8 heteroatoms.